The average Bonchev–Trinajstić information content (AvgIpc) is 3.19. The third-order valence-corrected chi connectivity index (χ3v) is 6.52. The molecular formula is C20H23N5O7S2. The minimum Gasteiger partial charge on any atom is -0.457 e. The van der Waals surface area contributed by atoms with Gasteiger partial charge in [0.1, 0.15) is 28.4 Å². The second-order valence-corrected chi connectivity index (χ2v) is 10.1. The topological polar surface area (TPSA) is 174 Å². The van der Waals surface area contributed by atoms with Crippen molar-refractivity contribution in [1.82, 2.24) is 15.2 Å². The van der Waals surface area contributed by atoms with Gasteiger partial charge in [-0.15, -0.1) is 23.1 Å². The largest absolute Gasteiger partial charge is 0.457 e. The van der Waals surface area contributed by atoms with E-state index in [2.05, 4.69) is 22.0 Å². The van der Waals surface area contributed by atoms with E-state index in [4.69, 9.17) is 15.2 Å². The van der Waals surface area contributed by atoms with Crippen LogP contribution in [0.4, 0.5) is 5.13 Å². The summed E-state index contributed by atoms with van der Waals surface area (Å²) in [7, 11) is 0. The number of hydrogen-bond donors (Lipinski definition) is 3. The van der Waals surface area contributed by atoms with E-state index >= 15 is 0 Å². The van der Waals surface area contributed by atoms with E-state index in [1.807, 2.05) is 0 Å². The van der Waals surface area contributed by atoms with Gasteiger partial charge in [-0.3, -0.25) is 14.5 Å². The molecule has 0 bridgehead atoms. The highest BCUT2D eigenvalue weighted by Crippen LogP contribution is 2.41. The van der Waals surface area contributed by atoms with Crippen molar-refractivity contribution in [1.29, 1.82) is 0 Å². The fourth-order valence-electron chi connectivity index (χ4n) is 3.17. The summed E-state index contributed by atoms with van der Waals surface area (Å²) in [6, 6.07) is -0.995. The zero-order chi connectivity index (χ0) is 25.2. The summed E-state index contributed by atoms with van der Waals surface area (Å²) in [5.41, 5.74) is 4.85. The Morgan fingerprint density at radius 2 is 2.15 bits per heavy atom. The number of thiazole rings is 1. The van der Waals surface area contributed by atoms with E-state index in [-0.39, 0.29) is 16.5 Å². The normalized spacial score (nSPS) is 20.3. The molecule has 2 atom stereocenters. The Morgan fingerprint density at radius 3 is 2.71 bits per heavy atom. The van der Waals surface area contributed by atoms with Crippen molar-refractivity contribution in [2.24, 2.45) is 5.16 Å². The van der Waals surface area contributed by atoms with Gasteiger partial charge in [0.25, 0.3) is 11.8 Å². The zero-order valence-corrected chi connectivity index (χ0v) is 20.2. The van der Waals surface area contributed by atoms with Gasteiger partial charge < -0.3 is 25.7 Å². The number of rotatable bonds is 7. The van der Waals surface area contributed by atoms with Crippen molar-refractivity contribution in [2.75, 3.05) is 18.1 Å². The molecule has 0 saturated carbocycles. The number of fused-ring (bicyclic) bond motifs is 1. The lowest BCUT2D eigenvalue weighted by Crippen LogP contribution is -2.71. The second-order valence-electron chi connectivity index (χ2n) is 8.12. The number of esters is 2. The number of nitrogens with two attached hydrogens (primary N) is 1. The first-order chi connectivity index (χ1) is 16.0. The number of aromatic nitrogens is 1. The number of nitrogen functional groups attached to an aromatic ring is 1. The zero-order valence-electron chi connectivity index (χ0n) is 18.6. The van der Waals surface area contributed by atoms with E-state index in [9.17, 15) is 24.4 Å². The Hall–Kier alpha value is -3.39. The van der Waals surface area contributed by atoms with Gasteiger partial charge in [-0.2, -0.15) is 0 Å². The van der Waals surface area contributed by atoms with Crippen LogP contribution in [0.15, 0.2) is 34.5 Å². The summed E-state index contributed by atoms with van der Waals surface area (Å²) >= 11 is 2.35. The molecule has 1 saturated heterocycles. The number of oxime groups is 1. The predicted octanol–water partition coefficient (Wildman–Crippen LogP) is 0.629. The first-order valence-corrected chi connectivity index (χ1v) is 11.8. The molecule has 3 rings (SSSR count). The molecule has 2 aliphatic heterocycles. The minimum absolute atomic E-state index is 0.0545. The van der Waals surface area contributed by atoms with E-state index < -0.39 is 53.1 Å². The van der Waals surface area contributed by atoms with Crippen LogP contribution >= 0.6 is 23.1 Å². The molecule has 12 nitrogen and oxygen atoms in total. The van der Waals surface area contributed by atoms with Crippen LogP contribution in [0.1, 0.15) is 26.5 Å². The summed E-state index contributed by atoms with van der Waals surface area (Å²) in [6.45, 7) is 8.07. The molecule has 1 fully saturated rings. The van der Waals surface area contributed by atoms with Gasteiger partial charge in [0.2, 0.25) is 0 Å². The summed E-state index contributed by atoms with van der Waals surface area (Å²) in [5, 5.41) is 15.7. The fourth-order valence-corrected chi connectivity index (χ4v) is 5.06. The van der Waals surface area contributed by atoms with Crippen LogP contribution in [0.5, 0.6) is 0 Å². The molecule has 4 N–H and O–H groups in total. The van der Waals surface area contributed by atoms with Gasteiger partial charge >= 0.3 is 11.9 Å². The van der Waals surface area contributed by atoms with Gasteiger partial charge in [-0.1, -0.05) is 17.8 Å². The molecule has 2 aliphatic rings. The predicted molar refractivity (Wildman–Crippen MR) is 124 cm³/mol. The van der Waals surface area contributed by atoms with Crippen LogP contribution in [0, 0.1) is 0 Å². The highest BCUT2D eigenvalue weighted by Gasteiger charge is 2.54. The number of hydrogen-bond acceptors (Lipinski definition) is 12. The number of allylic oxidation sites excluding steroid dienone is 1. The molecule has 2 amide bonds. The van der Waals surface area contributed by atoms with Gasteiger partial charge in [-0.05, 0) is 26.3 Å². The van der Waals surface area contributed by atoms with E-state index in [1.165, 1.54) is 28.1 Å². The molecule has 1 aromatic heterocycles. The van der Waals surface area contributed by atoms with Crippen molar-refractivity contribution >= 4 is 57.7 Å². The van der Waals surface area contributed by atoms with Crippen molar-refractivity contribution in [3.8, 4) is 0 Å². The minimum atomic E-state index is -0.995. The lowest BCUT2D eigenvalue weighted by Gasteiger charge is -2.49. The third-order valence-electron chi connectivity index (χ3n) is 4.54. The van der Waals surface area contributed by atoms with Crippen molar-refractivity contribution in [3.05, 3.63) is 35.0 Å². The molecule has 3 heterocycles. The smallest absolute Gasteiger partial charge is 0.355 e. The number of carbonyl (C=O) groups excluding carboxylic acids is 4. The first kappa shape index (κ1) is 25.2. The molecular weight excluding hydrogens is 486 g/mol. The summed E-state index contributed by atoms with van der Waals surface area (Å²) in [5.74, 6) is -2.73. The Balaban J connectivity index is 1.70. The maximum absolute atomic E-state index is 12.9. The Labute approximate surface area is 202 Å². The summed E-state index contributed by atoms with van der Waals surface area (Å²) < 4.78 is 10.2. The molecule has 0 aliphatic carbocycles. The third kappa shape index (κ3) is 5.22. The van der Waals surface area contributed by atoms with E-state index in [1.54, 1.807) is 20.8 Å². The van der Waals surface area contributed by atoms with Gasteiger partial charge in [0.05, 0.1) is 0 Å². The van der Waals surface area contributed by atoms with Gasteiger partial charge in [0.15, 0.2) is 17.5 Å². The Bertz CT molecular complexity index is 1110. The molecule has 34 heavy (non-hydrogen) atoms. The standard InChI is InChI=1S/C20H23N5O7S2/c1-5-9-7-33-17-13(23-15(27)12(24-30)10-8-34-19(21)22-10)16(28)25(17)14(9)18(29)31-6-11(26)32-20(2,3)4/h5,8,13,17,30H,1,6-7H2,2-4H3,(H2,21,22)(H,23,27)/t13?,17-/m1/s1. The number of anilines is 1. The van der Waals surface area contributed by atoms with Crippen LogP contribution in [-0.4, -0.2) is 73.9 Å². The molecule has 1 aromatic rings. The van der Waals surface area contributed by atoms with Crippen LogP contribution in [0.2, 0.25) is 0 Å². The average molecular weight is 510 g/mol. The van der Waals surface area contributed by atoms with E-state index in [0.29, 0.717) is 11.3 Å². The highest BCUT2D eigenvalue weighted by atomic mass is 32.2. The number of amides is 2. The number of nitrogens with one attached hydrogen (secondary N) is 1. The fraction of sp³-hybridized carbons (Fsp3) is 0.400. The lowest BCUT2D eigenvalue weighted by atomic mass is 10.0. The Kier molecular flexibility index (Phi) is 7.31. The monoisotopic (exact) mass is 509 g/mol. The summed E-state index contributed by atoms with van der Waals surface area (Å²) in [6.07, 6.45) is 1.43. The lowest BCUT2D eigenvalue weighted by molar-refractivity contribution is -0.166. The van der Waals surface area contributed by atoms with Crippen LogP contribution < -0.4 is 11.1 Å². The highest BCUT2D eigenvalue weighted by molar-refractivity contribution is 8.00. The quantitative estimate of drug-likeness (QED) is 0.155. The number of carbonyl (C=O) groups is 4. The molecule has 14 heteroatoms. The van der Waals surface area contributed by atoms with E-state index in [0.717, 1.165) is 11.3 Å². The second kappa shape index (κ2) is 9.85. The SMILES string of the molecule is C=CC1=C(C(=O)OCC(=O)OC(C)(C)C)N2C(=O)C(NC(=O)C(=NO)c3csc(N)n3)[C@H]2SC1. The number of β-lactam (4-membered cyclic amide) rings is 1. The maximum Gasteiger partial charge on any atom is 0.355 e. The maximum atomic E-state index is 12.9. The van der Waals surface area contributed by atoms with Gasteiger partial charge in [0, 0.05) is 11.1 Å². The van der Waals surface area contributed by atoms with Crippen molar-refractivity contribution in [2.45, 2.75) is 37.8 Å². The molecule has 0 radical (unpaired) electrons. The number of nitrogens with zero attached hydrogens (tertiary/aromatic N) is 3. The van der Waals surface area contributed by atoms with Crippen LogP contribution in [0.3, 0.4) is 0 Å². The molecule has 1 unspecified atom stereocenters. The van der Waals surface area contributed by atoms with Crippen molar-refractivity contribution in [3.63, 3.8) is 0 Å². The molecule has 182 valence electrons. The first-order valence-electron chi connectivity index (χ1n) is 9.90. The van der Waals surface area contributed by atoms with Gasteiger partial charge in [-0.25, -0.2) is 14.6 Å². The number of ether oxygens (including phenoxy) is 2. The number of thioether (sulfide) groups is 1. The van der Waals surface area contributed by atoms with Crippen molar-refractivity contribution < 1.29 is 33.9 Å². The Morgan fingerprint density at radius 1 is 1.44 bits per heavy atom. The molecule has 0 aromatic carbocycles. The molecule has 0 spiro atoms. The van der Waals surface area contributed by atoms with Crippen LogP contribution in [0.25, 0.3) is 0 Å². The van der Waals surface area contributed by atoms with Crippen LogP contribution in [-0.2, 0) is 28.7 Å². The summed E-state index contributed by atoms with van der Waals surface area (Å²) in [4.78, 5) is 55.2.